The van der Waals surface area contributed by atoms with E-state index in [1.54, 1.807) is 12.1 Å². The summed E-state index contributed by atoms with van der Waals surface area (Å²) >= 11 is 5.89. The monoisotopic (exact) mass is 268 g/mol. The zero-order chi connectivity index (χ0) is 13.1. The van der Waals surface area contributed by atoms with E-state index in [0.717, 1.165) is 11.1 Å². The van der Waals surface area contributed by atoms with Gasteiger partial charge in [-0.3, -0.25) is 0 Å². The minimum atomic E-state index is 0.101. The van der Waals surface area contributed by atoms with Crippen molar-refractivity contribution >= 4 is 28.7 Å². The highest BCUT2D eigenvalue weighted by atomic mass is 35.5. The first-order chi connectivity index (χ1) is 8.54. The number of nitrogens with one attached hydrogen (secondary N) is 1. The molecule has 5 heteroatoms. The Labute approximate surface area is 111 Å². The van der Waals surface area contributed by atoms with Gasteiger partial charge in [0.2, 0.25) is 0 Å². The number of anilines is 1. The number of benzene rings is 1. The Morgan fingerprint density at radius 1 is 1.39 bits per heavy atom. The number of rotatable bonds is 5. The van der Waals surface area contributed by atoms with E-state index in [1.165, 1.54) is 0 Å². The van der Waals surface area contributed by atoms with Crippen molar-refractivity contribution in [2.45, 2.75) is 33.0 Å². The van der Waals surface area contributed by atoms with Gasteiger partial charge in [-0.25, -0.2) is 0 Å². The standard InChI is InChI=1S/C13H17ClN2O2/c1-8(2)17-9(3)7-15-13-16-11-6-10(14)4-5-12(11)18-13/h4-6,8-9H,7H2,1-3H3,(H,15,16). The second-order valence-electron chi connectivity index (χ2n) is 4.51. The highest BCUT2D eigenvalue weighted by Crippen LogP contribution is 2.22. The van der Waals surface area contributed by atoms with Gasteiger partial charge < -0.3 is 14.5 Å². The molecule has 0 spiro atoms. The molecular formula is C13H17ClN2O2. The van der Waals surface area contributed by atoms with Crippen LogP contribution >= 0.6 is 11.6 Å². The number of aromatic nitrogens is 1. The summed E-state index contributed by atoms with van der Waals surface area (Å²) < 4.78 is 11.2. The average molecular weight is 269 g/mol. The number of oxazole rings is 1. The third-order valence-corrected chi connectivity index (χ3v) is 2.63. The molecule has 0 saturated heterocycles. The van der Waals surface area contributed by atoms with Crippen molar-refractivity contribution in [2.24, 2.45) is 0 Å². The first kappa shape index (κ1) is 13.2. The number of halogens is 1. The molecule has 1 atom stereocenters. The molecular weight excluding hydrogens is 252 g/mol. The van der Waals surface area contributed by atoms with E-state index < -0.39 is 0 Å². The molecule has 1 heterocycles. The number of hydrogen-bond donors (Lipinski definition) is 1. The van der Waals surface area contributed by atoms with E-state index in [-0.39, 0.29) is 12.2 Å². The summed E-state index contributed by atoms with van der Waals surface area (Å²) in [5.74, 6) is 0. The molecule has 18 heavy (non-hydrogen) atoms. The maximum atomic E-state index is 5.89. The lowest BCUT2D eigenvalue weighted by molar-refractivity contribution is 0.0264. The highest BCUT2D eigenvalue weighted by Gasteiger charge is 2.09. The van der Waals surface area contributed by atoms with Crippen LogP contribution in [0.2, 0.25) is 5.02 Å². The Morgan fingerprint density at radius 3 is 2.89 bits per heavy atom. The minimum absolute atomic E-state index is 0.101. The zero-order valence-electron chi connectivity index (χ0n) is 10.7. The van der Waals surface area contributed by atoms with E-state index in [0.29, 0.717) is 17.6 Å². The predicted molar refractivity (Wildman–Crippen MR) is 73.2 cm³/mol. The topological polar surface area (TPSA) is 47.3 Å². The van der Waals surface area contributed by atoms with Crippen LogP contribution in [0.3, 0.4) is 0 Å². The summed E-state index contributed by atoms with van der Waals surface area (Å²) in [5.41, 5.74) is 1.47. The molecule has 0 aliphatic rings. The molecule has 0 aliphatic heterocycles. The average Bonchev–Trinajstić information content (AvgIpc) is 2.67. The summed E-state index contributed by atoms with van der Waals surface area (Å²) in [7, 11) is 0. The lowest BCUT2D eigenvalue weighted by Gasteiger charge is -2.15. The van der Waals surface area contributed by atoms with Crippen molar-refractivity contribution in [2.75, 3.05) is 11.9 Å². The Bertz CT molecular complexity index is 525. The number of hydrogen-bond acceptors (Lipinski definition) is 4. The quantitative estimate of drug-likeness (QED) is 0.898. The van der Waals surface area contributed by atoms with Crippen molar-refractivity contribution in [3.05, 3.63) is 23.2 Å². The van der Waals surface area contributed by atoms with Crippen molar-refractivity contribution < 1.29 is 9.15 Å². The molecule has 2 rings (SSSR count). The Kier molecular flexibility index (Phi) is 4.09. The predicted octanol–water partition coefficient (Wildman–Crippen LogP) is 3.71. The Morgan fingerprint density at radius 2 is 2.17 bits per heavy atom. The van der Waals surface area contributed by atoms with Crippen LogP contribution in [0.15, 0.2) is 22.6 Å². The third-order valence-electron chi connectivity index (χ3n) is 2.39. The van der Waals surface area contributed by atoms with Crippen LogP contribution in [-0.2, 0) is 4.74 Å². The summed E-state index contributed by atoms with van der Waals surface area (Å²) in [6, 6.07) is 5.86. The maximum absolute atomic E-state index is 5.89. The zero-order valence-corrected chi connectivity index (χ0v) is 11.5. The first-order valence-electron chi connectivity index (χ1n) is 6.00. The van der Waals surface area contributed by atoms with Crippen molar-refractivity contribution in [3.8, 4) is 0 Å². The fourth-order valence-corrected chi connectivity index (χ4v) is 1.89. The largest absolute Gasteiger partial charge is 0.424 e. The summed E-state index contributed by atoms with van der Waals surface area (Å²) in [6.07, 6.45) is 0.313. The minimum Gasteiger partial charge on any atom is -0.424 e. The molecule has 0 fully saturated rings. The van der Waals surface area contributed by atoms with Gasteiger partial charge >= 0.3 is 0 Å². The third kappa shape index (κ3) is 3.37. The maximum Gasteiger partial charge on any atom is 0.295 e. The van der Waals surface area contributed by atoms with Crippen LogP contribution in [0.4, 0.5) is 6.01 Å². The van der Waals surface area contributed by atoms with E-state index >= 15 is 0 Å². The van der Waals surface area contributed by atoms with Crippen molar-refractivity contribution in [3.63, 3.8) is 0 Å². The van der Waals surface area contributed by atoms with Crippen LogP contribution in [-0.4, -0.2) is 23.7 Å². The van der Waals surface area contributed by atoms with E-state index in [2.05, 4.69) is 10.3 Å². The van der Waals surface area contributed by atoms with Gasteiger partial charge in [-0.2, -0.15) is 4.98 Å². The smallest absolute Gasteiger partial charge is 0.295 e. The van der Waals surface area contributed by atoms with Gasteiger partial charge in [0.05, 0.1) is 12.2 Å². The molecule has 4 nitrogen and oxygen atoms in total. The summed E-state index contributed by atoms with van der Waals surface area (Å²) in [6.45, 7) is 6.68. The van der Waals surface area contributed by atoms with Crippen LogP contribution < -0.4 is 5.32 Å². The van der Waals surface area contributed by atoms with E-state index in [1.807, 2.05) is 26.8 Å². The number of ether oxygens (including phenoxy) is 1. The SMILES string of the molecule is CC(C)OC(C)CNc1nc2cc(Cl)ccc2o1. The summed E-state index contributed by atoms with van der Waals surface area (Å²) in [4.78, 5) is 4.31. The second-order valence-corrected chi connectivity index (χ2v) is 4.94. The molecule has 0 bridgehead atoms. The molecule has 0 saturated carbocycles. The van der Waals surface area contributed by atoms with Gasteiger partial charge in [-0.05, 0) is 39.0 Å². The normalized spacial score (nSPS) is 13.2. The molecule has 98 valence electrons. The highest BCUT2D eigenvalue weighted by molar-refractivity contribution is 6.31. The number of fused-ring (bicyclic) bond motifs is 1. The molecule has 0 aliphatic carbocycles. The van der Waals surface area contributed by atoms with Gasteiger partial charge in [0.1, 0.15) is 5.52 Å². The first-order valence-corrected chi connectivity index (χ1v) is 6.38. The molecule has 2 aromatic rings. The van der Waals surface area contributed by atoms with Crippen LogP contribution in [0.25, 0.3) is 11.1 Å². The number of nitrogens with zero attached hydrogens (tertiary/aromatic N) is 1. The fraction of sp³-hybridized carbons (Fsp3) is 0.462. The fourth-order valence-electron chi connectivity index (χ4n) is 1.72. The van der Waals surface area contributed by atoms with Crippen molar-refractivity contribution in [1.29, 1.82) is 0 Å². The molecule has 1 unspecified atom stereocenters. The Balaban J connectivity index is 1.99. The molecule has 0 amide bonds. The van der Waals surface area contributed by atoms with Crippen LogP contribution in [0.5, 0.6) is 0 Å². The van der Waals surface area contributed by atoms with Crippen LogP contribution in [0, 0.1) is 0 Å². The van der Waals surface area contributed by atoms with Gasteiger partial charge in [-0.15, -0.1) is 0 Å². The molecule has 1 N–H and O–H groups in total. The van der Waals surface area contributed by atoms with Gasteiger partial charge in [-0.1, -0.05) is 11.6 Å². The van der Waals surface area contributed by atoms with Crippen LogP contribution in [0.1, 0.15) is 20.8 Å². The second kappa shape index (κ2) is 5.59. The molecule has 1 aromatic carbocycles. The van der Waals surface area contributed by atoms with E-state index in [9.17, 15) is 0 Å². The Hall–Kier alpha value is -1.26. The van der Waals surface area contributed by atoms with Gasteiger partial charge in [0, 0.05) is 11.6 Å². The lowest BCUT2D eigenvalue weighted by Crippen LogP contribution is -2.23. The van der Waals surface area contributed by atoms with Gasteiger partial charge in [0.25, 0.3) is 6.01 Å². The van der Waals surface area contributed by atoms with E-state index in [4.69, 9.17) is 20.8 Å². The lowest BCUT2D eigenvalue weighted by atomic mass is 10.3. The van der Waals surface area contributed by atoms with Gasteiger partial charge in [0.15, 0.2) is 5.58 Å². The van der Waals surface area contributed by atoms with Crippen molar-refractivity contribution in [1.82, 2.24) is 4.98 Å². The summed E-state index contributed by atoms with van der Waals surface area (Å²) in [5, 5.41) is 3.76. The molecule has 0 radical (unpaired) electrons. The molecule has 1 aromatic heterocycles.